The van der Waals surface area contributed by atoms with Crippen LogP contribution in [0.2, 0.25) is 0 Å². The fourth-order valence-corrected chi connectivity index (χ4v) is 4.93. The summed E-state index contributed by atoms with van der Waals surface area (Å²) in [4.78, 5) is 33.0. The van der Waals surface area contributed by atoms with Gasteiger partial charge in [0.2, 0.25) is 0 Å². The molecule has 2 aromatic rings. The molecule has 5 nitrogen and oxygen atoms in total. The lowest BCUT2D eigenvalue weighted by Crippen LogP contribution is -2.56. The molecular weight excluding hydrogens is 374 g/mol. The molecule has 5 heteroatoms. The van der Waals surface area contributed by atoms with Gasteiger partial charge >= 0.3 is 6.03 Å². The Hall–Kier alpha value is -2.66. The van der Waals surface area contributed by atoms with Gasteiger partial charge in [-0.1, -0.05) is 60.7 Å². The smallest absolute Gasteiger partial charge is 0.305 e. The minimum absolute atomic E-state index is 0.0154. The summed E-state index contributed by atoms with van der Waals surface area (Å²) in [5.41, 5.74) is 1.35. The Labute approximate surface area is 178 Å². The van der Waals surface area contributed by atoms with E-state index in [1.807, 2.05) is 65.6 Å². The number of amides is 3. The molecule has 1 saturated carbocycles. The summed E-state index contributed by atoms with van der Waals surface area (Å²) < 4.78 is 0. The van der Waals surface area contributed by atoms with Crippen molar-refractivity contribution < 1.29 is 9.59 Å². The van der Waals surface area contributed by atoms with Gasteiger partial charge in [0.1, 0.15) is 5.54 Å². The highest BCUT2D eigenvalue weighted by Crippen LogP contribution is 2.40. The summed E-state index contributed by atoms with van der Waals surface area (Å²) in [5.74, 6) is 0.827. The number of benzene rings is 2. The number of urea groups is 1. The van der Waals surface area contributed by atoms with Crippen molar-refractivity contribution in [3.8, 4) is 0 Å². The zero-order valence-corrected chi connectivity index (χ0v) is 17.4. The molecule has 30 heavy (non-hydrogen) atoms. The standard InChI is InChI=1S/C25H29N3O2/c29-23-25(13-15-26(16-14-25)17-22-11-12-22)28(19-21-9-5-2-6-10-21)24(30)27(23)18-20-7-3-1-4-8-20/h1-10,22H,11-19H2. The van der Waals surface area contributed by atoms with Crippen molar-refractivity contribution in [2.45, 2.75) is 44.3 Å². The molecule has 0 N–H and O–H groups in total. The zero-order chi connectivity index (χ0) is 20.6. The monoisotopic (exact) mass is 403 g/mol. The van der Waals surface area contributed by atoms with Crippen molar-refractivity contribution in [1.29, 1.82) is 0 Å². The molecule has 5 rings (SSSR count). The molecule has 0 unspecified atom stereocenters. The SMILES string of the molecule is O=C1N(Cc2ccccc2)C(=O)C2(CCN(CC3CC3)CC2)N1Cc1ccccc1. The maximum absolute atomic E-state index is 13.7. The molecule has 2 aliphatic heterocycles. The number of rotatable bonds is 6. The molecule has 0 atom stereocenters. The second kappa shape index (κ2) is 7.88. The van der Waals surface area contributed by atoms with E-state index in [1.54, 1.807) is 0 Å². The van der Waals surface area contributed by atoms with E-state index in [1.165, 1.54) is 17.7 Å². The first kappa shape index (κ1) is 19.3. The van der Waals surface area contributed by atoms with Gasteiger partial charge in [0.25, 0.3) is 5.91 Å². The Morgan fingerprint density at radius 1 is 0.800 bits per heavy atom. The van der Waals surface area contributed by atoms with E-state index in [2.05, 4.69) is 4.90 Å². The fraction of sp³-hybridized carbons (Fsp3) is 0.440. The molecule has 0 bridgehead atoms. The maximum atomic E-state index is 13.7. The van der Waals surface area contributed by atoms with Crippen molar-refractivity contribution in [1.82, 2.24) is 14.7 Å². The fourth-order valence-electron chi connectivity index (χ4n) is 4.93. The van der Waals surface area contributed by atoms with Crippen molar-refractivity contribution in [3.05, 3.63) is 71.8 Å². The van der Waals surface area contributed by atoms with Crippen molar-refractivity contribution in [3.63, 3.8) is 0 Å². The minimum Gasteiger partial charge on any atom is -0.305 e. The van der Waals surface area contributed by atoms with E-state index >= 15 is 0 Å². The summed E-state index contributed by atoms with van der Waals surface area (Å²) in [6.07, 6.45) is 4.12. The second-order valence-corrected chi connectivity index (χ2v) is 9.01. The maximum Gasteiger partial charge on any atom is 0.328 e. The lowest BCUT2D eigenvalue weighted by atomic mass is 9.85. The number of piperidine rings is 1. The minimum atomic E-state index is -0.707. The lowest BCUT2D eigenvalue weighted by molar-refractivity contribution is -0.136. The predicted molar refractivity (Wildman–Crippen MR) is 116 cm³/mol. The van der Waals surface area contributed by atoms with Crippen LogP contribution in [0.3, 0.4) is 0 Å². The number of likely N-dealkylation sites (tertiary alicyclic amines) is 1. The molecule has 3 amide bonds. The number of hydrogen-bond donors (Lipinski definition) is 0. The van der Waals surface area contributed by atoms with Gasteiger partial charge in [0, 0.05) is 26.2 Å². The third-order valence-electron chi connectivity index (χ3n) is 6.89. The summed E-state index contributed by atoms with van der Waals surface area (Å²) in [6, 6.07) is 19.7. The van der Waals surface area contributed by atoms with Gasteiger partial charge in [-0.2, -0.15) is 0 Å². The van der Waals surface area contributed by atoms with E-state index in [0.717, 1.165) is 49.5 Å². The lowest BCUT2D eigenvalue weighted by Gasteiger charge is -2.42. The molecule has 0 aromatic heterocycles. The van der Waals surface area contributed by atoms with Crippen LogP contribution in [0.4, 0.5) is 4.79 Å². The Kier molecular flexibility index (Phi) is 5.07. The highest BCUT2D eigenvalue weighted by Gasteiger charge is 2.57. The van der Waals surface area contributed by atoms with Crippen molar-refractivity contribution >= 4 is 11.9 Å². The first-order chi connectivity index (χ1) is 14.7. The third-order valence-corrected chi connectivity index (χ3v) is 6.89. The molecule has 2 aromatic carbocycles. The van der Waals surface area contributed by atoms with Crippen LogP contribution in [-0.2, 0) is 17.9 Å². The largest absolute Gasteiger partial charge is 0.328 e. The Bertz CT molecular complexity index is 903. The van der Waals surface area contributed by atoms with Gasteiger partial charge in [-0.15, -0.1) is 0 Å². The molecule has 3 fully saturated rings. The van der Waals surface area contributed by atoms with Crippen LogP contribution >= 0.6 is 0 Å². The van der Waals surface area contributed by atoms with E-state index < -0.39 is 5.54 Å². The normalized spacial score (nSPS) is 21.6. The van der Waals surface area contributed by atoms with Gasteiger partial charge < -0.3 is 9.80 Å². The first-order valence-corrected chi connectivity index (χ1v) is 11.1. The third kappa shape index (κ3) is 3.63. The van der Waals surface area contributed by atoms with E-state index in [0.29, 0.717) is 13.1 Å². The Morgan fingerprint density at radius 2 is 1.37 bits per heavy atom. The summed E-state index contributed by atoms with van der Waals surface area (Å²) in [5, 5.41) is 0. The predicted octanol–water partition coefficient (Wildman–Crippen LogP) is 3.90. The van der Waals surface area contributed by atoms with Gasteiger partial charge in [-0.3, -0.25) is 9.69 Å². The van der Waals surface area contributed by atoms with Gasteiger partial charge in [-0.05, 0) is 42.7 Å². The van der Waals surface area contributed by atoms with Gasteiger partial charge in [0.15, 0.2) is 0 Å². The molecule has 1 aliphatic carbocycles. The molecule has 156 valence electrons. The molecule has 2 heterocycles. The summed E-state index contributed by atoms with van der Waals surface area (Å²) in [7, 11) is 0. The average molecular weight is 404 g/mol. The van der Waals surface area contributed by atoms with Crippen LogP contribution in [0.5, 0.6) is 0 Å². The first-order valence-electron chi connectivity index (χ1n) is 11.1. The molecule has 1 spiro atoms. The molecular formula is C25H29N3O2. The number of carbonyl (C=O) groups is 2. The number of imide groups is 1. The van der Waals surface area contributed by atoms with Crippen LogP contribution in [0.1, 0.15) is 36.8 Å². The van der Waals surface area contributed by atoms with Crippen LogP contribution in [0.25, 0.3) is 0 Å². The highest BCUT2D eigenvalue weighted by atomic mass is 16.2. The molecule has 0 radical (unpaired) electrons. The Balaban J connectivity index is 1.41. The highest BCUT2D eigenvalue weighted by molar-refractivity contribution is 6.07. The summed E-state index contributed by atoms with van der Waals surface area (Å²) in [6.45, 7) is 3.75. The van der Waals surface area contributed by atoms with Crippen LogP contribution in [0, 0.1) is 5.92 Å². The van der Waals surface area contributed by atoms with E-state index in [4.69, 9.17) is 0 Å². The van der Waals surface area contributed by atoms with Gasteiger partial charge in [-0.25, -0.2) is 4.79 Å². The Morgan fingerprint density at radius 3 is 1.93 bits per heavy atom. The van der Waals surface area contributed by atoms with Crippen LogP contribution in [-0.4, -0.2) is 51.8 Å². The van der Waals surface area contributed by atoms with E-state index in [-0.39, 0.29) is 11.9 Å². The van der Waals surface area contributed by atoms with Crippen molar-refractivity contribution in [2.24, 2.45) is 5.92 Å². The van der Waals surface area contributed by atoms with E-state index in [9.17, 15) is 9.59 Å². The number of nitrogens with zero attached hydrogens (tertiary/aromatic N) is 3. The van der Waals surface area contributed by atoms with Crippen LogP contribution < -0.4 is 0 Å². The van der Waals surface area contributed by atoms with Gasteiger partial charge in [0.05, 0.1) is 6.54 Å². The average Bonchev–Trinajstić information content (AvgIpc) is 3.58. The molecule has 2 saturated heterocycles. The zero-order valence-electron chi connectivity index (χ0n) is 17.4. The number of carbonyl (C=O) groups excluding carboxylic acids is 2. The number of hydrogen-bond acceptors (Lipinski definition) is 3. The second-order valence-electron chi connectivity index (χ2n) is 9.01. The van der Waals surface area contributed by atoms with Crippen LogP contribution in [0.15, 0.2) is 60.7 Å². The summed E-state index contributed by atoms with van der Waals surface area (Å²) >= 11 is 0. The van der Waals surface area contributed by atoms with Crippen molar-refractivity contribution in [2.75, 3.05) is 19.6 Å². The molecule has 3 aliphatic rings. The quantitative estimate of drug-likeness (QED) is 0.687. The topological polar surface area (TPSA) is 43.9 Å².